The van der Waals surface area contributed by atoms with Gasteiger partial charge in [0.1, 0.15) is 12.0 Å². The lowest BCUT2D eigenvalue weighted by Crippen LogP contribution is -2.02. The van der Waals surface area contributed by atoms with E-state index in [1.807, 2.05) is 0 Å². The minimum atomic E-state index is 0.570. The number of nitrogens with zero attached hydrogens (tertiary/aromatic N) is 3. The molecule has 2 aromatic rings. The molecule has 66 valence electrons. The van der Waals surface area contributed by atoms with Gasteiger partial charge in [0, 0.05) is 18.5 Å². The molecule has 0 saturated carbocycles. The number of hydrogen-bond donors (Lipinski definition) is 1. The van der Waals surface area contributed by atoms with Crippen LogP contribution in [0.4, 0.5) is 5.95 Å². The Balaban J connectivity index is 1.94. The van der Waals surface area contributed by atoms with Gasteiger partial charge < -0.3 is 9.84 Å². The molecule has 0 atom stereocenters. The van der Waals surface area contributed by atoms with E-state index >= 15 is 0 Å². The Morgan fingerprint density at radius 2 is 2.15 bits per heavy atom. The van der Waals surface area contributed by atoms with Crippen LogP contribution in [0.3, 0.4) is 0 Å². The van der Waals surface area contributed by atoms with Crippen molar-refractivity contribution in [2.24, 2.45) is 0 Å². The second-order valence-electron chi connectivity index (χ2n) is 2.42. The molecule has 2 aromatic heterocycles. The standard InChI is InChI=1S/C8H8N4O/c1-3-9-8(10-4-1)11-6-7-2-5-13-12-7/h1-5H,6H2,(H,9,10,11). The summed E-state index contributed by atoms with van der Waals surface area (Å²) >= 11 is 0. The molecule has 13 heavy (non-hydrogen) atoms. The molecule has 0 saturated heterocycles. The maximum absolute atomic E-state index is 4.67. The Morgan fingerprint density at radius 1 is 1.31 bits per heavy atom. The van der Waals surface area contributed by atoms with Crippen LogP contribution in [0.2, 0.25) is 0 Å². The van der Waals surface area contributed by atoms with Crippen molar-refractivity contribution in [3.63, 3.8) is 0 Å². The Morgan fingerprint density at radius 3 is 2.85 bits per heavy atom. The van der Waals surface area contributed by atoms with E-state index in [0.717, 1.165) is 5.69 Å². The summed E-state index contributed by atoms with van der Waals surface area (Å²) in [6.45, 7) is 0.570. The molecule has 0 radical (unpaired) electrons. The summed E-state index contributed by atoms with van der Waals surface area (Å²) in [5, 5.41) is 6.74. The smallest absolute Gasteiger partial charge is 0.222 e. The number of aromatic nitrogens is 3. The van der Waals surface area contributed by atoms with Crippen LogP contribution in [-0.2, 0) is 6.54 Å². The van der Waals surface area contributed by atoms with Crippen molar-refractivity contribution in [2.75, 3.05) is 5.32 Å². The molecule has 1 N–H and O–H groups in total. The van der Waals surface area contributed by atoms with Gasteiger partial charge in [0.2, 0.25) is 5.95 Å². The van der Waals surface area contributed by atoms with E-state index in [9.17, 15) is 0 Å². The van der Waals surface area contributed by atoms with Crippen molar-refractivity contribution in [1.29, 1.82) is 0 Å². The highest BCUT2D eigenvalue weighted by Gasteiger charge is 1.96. The van der Waals surface area contributed by atoms with Crippen LogP contribution in [0, 0.1) is 0 Å². The van der Waals surface area contributed by atoms with Crippen LogP contribution < -0.4 is 5.32 Å². The van der Waals surface area contributed by atoms with Crippen LogP contribution in [0.15, 0.2) is 35.3 Å². The Labute approximate surface area is 74.8 Å². The Bertz CT molecular complexity index is 346. The molecule has 0 unspecified atom stereocenters. The second-order valence-corrected chi connectivity index (χ2v) is 2.42. The molecular formula is C8H8N4O. The van der Waals surface area contributed by atoms with Gasteiger partial charge in [-0.05, 0) is 6.07 Å². The number of nitrogens with one attached hydrogen (secondary N) is 1. The van der Waals surface area contributed by atoms with Crippen LogP contribution in [0.5, 0.6) is 0 Å². The summed E-state index contributed by atoms with van der Waals surface area (Å²) in [6, 6.07) is 3.55. The quantitative estimate of drug-likeness (QED) is 0.758. The zero-order chi connectivity index (χ0) is 8.93. The van der Waals surface area contributed by atoms with E-state index in [-0.39, 0.29) is 0 Å². The largest absolute Gasteiger partial charge is 0.364 e. The predicted octanol–water partition coefficient (Wildman–Crippen LogP) is 1.08. The zero-order valence-corrected chi connectivity index (χ0v) is 6.84. The molecule has 5 nitrogen and oxygen atoms in total. The summed E-state index contributed by atoms with van der Waals surface area (Å²) in [5.41, 5.74) is 0.826. The van der Waals surface area contributed by atoms with Crippen molar-refractivity contribution in [3.05, 3.63) is 36.5 Å². The first-order valence-corrected chi connectivity index (χ1v) is 3.85. The fraction of sp³-hybridized carbons (Fsp3) is 0.125. The Kier molecular flexibility index (Phi) is 2.18. The van der Waals surface area contributed by atoms with E-state index in [1.54, 1.807) is 24.5 Å². The van der Waals surface area contributed by atoms with Gasteiger partial charge in [0.05, 0.1) is 6.54 Å². The van der Waals surface area contributed by atoms with Crippen LogP contribution in [-0.4, -0.2) is 15.1 Å². The van der Waals surface area contributed by atoms with Gasteiger partial charge in [-0.25, -0.2) is 9.97 Å². The lowest BCUT2D eigenvalue weighted by atomic mass is 10.4. The highest BCUT2D eigenvalue weighted by molar-refractivity contribution is 5.23. The van der Waals surface area contributed by atoms with Crippen molar-refractivity contribution < 1.29 is 4.52 Å². The third-order valence-corrected chi connectivity index (χ3v) is 1.48. The molecule has 2 rings (SSSR count). The lowest BCUT2D eigenvalue weighted by Gasteiger charge is -1.99. The van der Waals surface area contributed by atoms with Crippen LogP contribution in [0.1, 0.15) is 5.69 Å². The van der Waals surface area contributed by atoms with E-state index < -0.39 is 0 Å². The first kappa shape index (κ1) is 7.72. The first-order chi connectivity index (χ1) is 6.45. The van der Waals surface area contributed by atoms with Crippen LogP contribution in [0.25, 0.3) is 0 Å². The average Bonchev–Trinajstić information content (AvgIpc) is 2.69. The minimum absolute atomic E-state index is 0.570. The molecule has 0 aromatic carbocycles. The summed E-state index contributed by atoms with van der Waals surface area (Å²) in [7, 11) is 0. The topological polar surface area (TPSA) is 63.8 Å². The number of anilines is 1. The number of rotatable bonds is 3. The normalized spacial score (nSPS) is 9.85. The maximum Gasteiger partial charge on any atom is 0.222 e. The zero-order valence-electron chi connectivity index (χ0n) is 6.84. The molecule has 0 amide bonds. The molecule has 2 heterocycles. The fourth-order valence-electron chi connectivity index (χ4n) is 0.889. The molecule has 0 aliphatic heterocycles. The summed E-state index contributed by atoms with van der Waals surface area (Å²) < 4.78 is 4.67. The summed E-state index contributed by atoms with van der Waals surface area (Å²) in [5.74, 6) is 0.588. The van der Waals surface area contributed by atoms with Gasteiger partial charge in [0.25, 0.3) is 0 Å². The average molecular weight is 176 g/mol. The molecule has 5 heteroatoms. The van der Waals surface area contributed by atoms with Crippen LogP contribution >= 0.6 is 0 Å². The van der Waals surface area contributed by atoms with Crippen molar-refractivity contribution in [1.82, 2.24) is 15.1 Å². The first-order valence-electron chi connectivity index (χ1n) is 3.85. The summed E-state index contributed by atoms with van der Waals surface area (Å²) in [4.78, 5) is 8.00. The molecule has 0 aliphatic carbocycles. The molecule has 0 aliphatic rings. The van der Waals surface area contributed by atoms with E-state index in [1.165, 1.54) is 6.26 Å². The van der Waals surface area contributed by atoms with Gasteiger partial charge in [-0.15, -0.1) is 0 Å². The van der Waals surface area contributed by atoms with Crippen molar-refractivity contribution in [2.45, 2.75) is 6.54 Å². The third kappa shape index (κ3) is 2.02. The van der Waals surface area contributed by atoms with Crippen molar-refractivity contribution in [3.8, 4) is 0 Å². The molecule has 0 spiro atoms. The van der Waals surface area contributed by atoms with Crippen molar-refractivity contribution >= 4 is 5.95 Å². The maximum atomic E-state index is 4.67. The molecule has 0 bridgehead atoms. The van der Waals surface area contributed by atoms with E-state index in [0.29, 0.717) is 12.5 Å². The van der Waals surface area contributed by atoms with Gasteiger partial charge in [-0.3, -0.25) is 0 Å². The van der Waals surface area contributed by atoms with Gasteiger partial charge >= 0.3 is 0 Å². The minimum Gasteiger partial charge on any atom is -0.364 e. The molecule has 0 fully saturated rings. The second kappa shape index (κ2) is 3.66. The Hall–Kier alpha value is -1.91. The highest BCUT2D eigenvalue weighted by Crippen LogP contribution is 1.99. The van der Waals surface area contributed by atoms with E-state index in [2.05, 4.69) is 25.0 Å². The fourth-order valence-corrected chi connectivity index (χ4v) is 0.889. The molecular weight excluding hydrogens is 168 g/mol. The predicted molar refractivity (Wildman–Crippen MR) is 45.9 cm³/mol. The lowest BCUT2D eigenvalue weighted by molar-refractivity contribution is 0.412. The monoisotopic (exact) mass is 176 g/mol. The SMILES string of the molecule is c1cnc(NCc2ccon2)nc1. The third-order valence-electron chi connectivity index (χ3n) is 1.48. The van der Waals surface area contributed by atoms with Gasteiger partial charge in [-0.1, -0.05) is 5.16 Å². The van der Waals surface area contributed by atoms with Gasteiger partial charge in [0.15, 0.2) is 0 Å². The highest BCUT2D eigenvalue weighted by atomic mass is 16.5. The van der Waals surface area contributed by atoms with E-state index in [4.69, 9.17) is 0 Å². The van der Waals surface area contributed by atoms with Gasteiger partial charge in [-0.2, -0.15) is 0 Å². The number of hydrogen-bond acceptors (Lipinski definition) is 5. The summed E-state index contributed by atoms with van der Waals surface area (Å²) in [6.07, 6.45) is 4.89.